The molecule has 0 spiro atoms. The molecule has 5 heteroatoms. The Labute approximate surface area is 196 Å². The van der Waals surface area contributed by atoms with Crippen molar-refractivity contribution < 1.29 is 4.74 Å². The number of hydrogen-bond acceptors (Lipinski definition) is 5. The highest BCUT2D eigenvalue weighted by atomic mass is 16.5. The summed E-state index contributed by atoms with van der Waals surface area (Å²) in [7, 11) is 4.19. The summed E-state index contributed by atoms with van der Waals surface area (Å²) in [5.74, 6) is 1.54. The molecule has 5 nitrogen and oxygen atoms in total. The lowest BCUT2D eigenvalue weighted by molar-refractivity contribution is 0.272. The molecule has 1 aliphatic rings. The van der Waals surface area contributed by atoms with Gasteiger partial charge in [0.1, 0.15) is 5.69 Å². The lowest BCUT2D eigenvalue weighted by Crippen LogP contribution is -2.27. The van der Waals surface area contributed by atoms with Gasteiger partial charge in [0.25, 0.3) is 0 Å². The summed E-state index contributed by atoms with van der Waals surface area (Å²) in [5.41, 5.74) is 5.89. The molecule has 178 valence electrons. The SMILES string of the molecule is CCCN(CCC)c1c(C)nc(C2=C(CC)C=CCC=C2CC)nc1OCCCN(C)C. The lowest BCUT2D eigenvalue weighted by atomic mass is 9.96. The predicted octanol–water partition coefficient (Wildman–Crippen LogP) is 6.20. The fourth-order valence-corrected chi connectivity index (χ4v) is 4.26. The van der Waals surface area contributed by atoms with Gasteiger partial charge in [0.05, 0.1) is 12.3 Å². The summed E-state index contributed by atoms with van der Waals surface area (Å²) in [6.45, 7) is 14.6. The van der Waals surface area contributed by atoms with Gasteiger partial charge < -0.3 is 14.5 Å². The largest absolute Gasteiger partial charge is 0.476 e. The fraction of sp³-hybridized carbons (Fsp3) is 0.630. The number of aryl methyl sites for hydroxylation is 1. The van der Waals surface area contributed by atoms with Gasteiger partial charge in [0, 0.05) is 25.2 Å². The first kappa shape index (κ1) is 26.1. The van der Waals surface area contributed by atoms with Crippen molar-refractivity contribution in [1.82, 2.24) is 14.9 Å². The molecule has 0 amide bonds. The molecule has 2 rings (SSSR count). The van der Waals surface area contributed by atoms with Crippen molar-refractivity contribution in [3.63, 3.8) is 0 Å². The third-order valence-corrected chi connectivity index (χ3v) is 5.77. The minimum atomic E-state index is 0.656. The molecular weight excluding hydrogens is 396 g/mol. The van der Waals surface area contributed by atoms with Crippen LogP contribution in [0.4, 0.5) is 5.69 Å². The molecule has 0 saturated heterocycles. The first-order chi connectivity index (χ1) is 15.5. The Balaban J connectivity index is 2.58. The summed E-state index contributed by atoms with van der Waals surface area (Å²) in [5, 5.41) is 0. The monoisotopic (exact) mass is 440 g/mol. The highest BCUT2D eigenvalue weighted by Crippen LogP contribution is 2.36. The molecule has 1 aromatic rings. The topological polar surface area (TPSA) is 41.5 Å². The number of nitrogens with zero attached hydrogens (tertiary/aromatic N) is 4. The van der Waals surface area contributed by atoms with Crippen LogP contribution in [0.3, 0.4) is 0 Å². The van der Waals surface area contributed by atoms with Gasteiger partial charge in [0.15, 0.2) is 5.82 Å². The molecule has 0 radical (unpaired) electrons. The minimum absolute atomic E-state index is 0.656. The molecule has 0 fully saturated rings. The van der Waals surface area contributed by atoms with Gasteiger partial charge in [-0.1, -0.05) is 45.9 Å². The number of rotatable bonds is 13. The van der Waals surface area contributed by atoms with Crippen LogP contribution in [0.15, 0.2) is 29.4 Å². The lowest BCUT2D eigenvalue weighted by Gasteiger charge is -2.27. The fourth-order valence-electron chi connectivity index (χ4n) is 4.26. The van der Waals surface area contributed by atoms with Crippen molar-refractivity contribution in [1.29, 1.82) is 0 Å². The van der Waals surface area contributed by atoms with E-state index in [0.29, 0.717) is 6.61 Å². The van der Waals surface area contributed by atoms with E-state index >= 15 is 0 Å². The maximum atomic E-state index is 6.36. The van der Waals surface area contributed by atoms with E-state index in [2.05, 4.69) is 76.7 Å². The predicted molar refractivity (Wildman–Crippen MR) is 138 cm³/mol. The van der Waals surface area contributed by atoms with Crippen molar-refractivity contribution >= 4 is 11.3 Å². The van der Waals surface area contributed by atoms with Crippen LogP contribution in [0.1, 0.15) is 77.7 Å². The van der Waals surface area contributed by atoms with Crippen molar-refractivity contribution in [2.24, 2.45) is 0 Å². The Morgan fingerprint density at radius 1 is 0.969 bits per heavy atom. The normalized spacial score (nSPS) is 14.1. The van der Waals surface area contributed by atoms with Crippen molar-refractivity contribution in [3.05, 3.63) is 40.9 Å². The van der Waals surface area contributed by atoms with E-state index in [4.69, 9.17) is 14.7 Å². The third-order valence-electron chi connectivity index (χ3n) is 5.77. The van der Waals surface area contributed by atoms with Gasteiger partial charge in [-0.2, -0.15) is 4.98 Å². The standard InChI is InChI=1S/C27H44N4O/c1-8-17-31(18-9-2)25-21(5)28-26(29-27(25)32-20-14-19-30(6)7)24-22(10-3)15-12-13-16-23(24)11-4/h12,15-16H,8-11,13-14,17-20H2,1-7H3. The molecule has 0 unspecified atom stereocenters. The molecule has 0 aliphatic heterocycles. The molecule has 1 heterocycles. The Hall–Kier alpha value is -2.14. The van der Waals surface area contributed by atoms with Crippen molar-refractivity contribution in [2.75, 3.05) is 45.2 Å². The first-order valence-electron chi connectivity index (χ1n) is 12.5. The second-order valence-electron chi connectivity index (χ2n) is 8.75. The zero-order chi connectivity index (χ0) is 23.5. The minimum Gasteiger partial charge on any atom is -0.476 e. The number of ether oxygens (including phenoxy) is 1. The number of anilines is 1. The van der Waals surface area contributed by atoms with Crippen molar-refractivity contribution in [3.8, 4) is 5.88 Å². The summed E-state index contributed by atoms with van der Waals surface area (Å²) in [6, 6.07) is 0. The van der Waals surface area contributed by atoms with Crippen molar-refractivity contribution in [2.45, 2.75) is 73.1 Å². The molecule has 0 saturated carbocycles. The summed E-state index contributed by atoms with van der Waals surface area (Å²) in [6.07, 6.45) is 12.8. The van der Waals surface area contributed by atoms with E-state index in [1.807, 2.05) is 0 Å². The van der Waals surface area contributed by atoms with Gasteiger partial charge in [-0.3, -0.25) is 0 Å². The highest BCUT2D eigenvalue weighted by Gasteiger charge is 2.23. The number of allylic oxidation sites excluding steroid dienone is 6. The zero-order valence-corrected chi connectivity index (χ0v) is 21.5. The first-order valence-corrected chi connectivity index (χ1v) is 12.5. The molecule has 32 heavy (non-hydrogen) atoms. The maximum Gasteiger partial charge on any atom is 0.241 e. The summed E-state index contributed by atoms with van der Waals surface area (Å²) < 4.78 is 6.36. The van der Waals surface area contributed by atoms with Gasteiger partial charge in [-0.25, -0.2) is 4.98 Å². The molecule has 0 N–H and O–H groups in total. The summed E-state index contributed by atoms with van der Waals surface area (Å²) >= 11 is 0. The Kier molecular flexibility index (Phi) is 10.9. The van der Waals surface area contributed by atoms with E-state index in [-0.39, 0.29) is 0 Å². The van der Waals surface area contributed by atoms with E-state index in [1.165, 1.54) is 16.7 Å². The number of hydrogen-bond donors (Lipinski definition) is 0. The molecule has 1 aliphatic carbocycles. The van der Waals surface area contributed by atoms with Crippen LogP contribution in [0.5, 0.6) is 5.88 Å². The van der Waals surface area contributed by atoms with E-state index < -0.39 is 0 Å². The van der Waals surface area contributed by atoms with E-state index in [1.54, 1.807) is 0 Å². The third kappa shape index (κ3) is 6.93. The Morgan fingerprint density at radius 3 is 2.28 bits per heavy atom. The Morgan fingerprint density at radius 2 is 1.69 bits per heavy atom. The van der Waals surface area contributed by atoms with Gasteiger partial charge in [-0.05, 0) is 70.7 Å². The van der Waals surface area contributed by atoms with Crippen LogP contribution in [-0.4, -0.2) is 55.2 Å². The van der Waals surface area contributed by atoms with Gasteiger partial charge in [0.2, 0.25) is 5.88 Å². The quantitative estimate of drug-likeness (QED) is 0.342. The smallest absolute Gasteiger partial charge is 0.241 e. The van der Waals surface area contributed by atoms with Crippen LogP contribution in [0, 0.1) is 6.92 Å². The molecule has 0 atom stereocenters. The average molecular weight is 441 g/mol. The highest BCUT2D eigenvalue weighted by molar-refractivity contribution is 5.81. The van der Waals surface area contributed by atoms with Crippen LogP contribution < -0.4 is 9.64 Å². The van der Waals surface area contributed by atoms with Crippen LogP contribution >= 0.6 is 0 Å². The van der Waals surface area contributed by atoms with Crippen LogP contribution in [-0.2, 0) is 0 Å². The zero-order valence-electron chi connectivity index (χ0n) is 21.5. The summed E-state index contributed by atoms with van der Waals surface area (Å²) in [4.78, 5) is 14.7. The van der Waals surface area contributed by atoms with Crippen LogP contribution in [0.25, 0.3) is 5.57 Å². The van der Waals surface area contributed by atoms with Gasteiger partial charge in [-0.15, -0.1) is 0 Å². The maximum absolute atomic E-state index is 6.36. The van der Waals surface area contributed by atoms with Gasteiger partial charge >= 0.3 is 0 Å². The Bertz CT molecular complexity index is 817. The molecule has 1 aromatic heterocycles. The van der Waals surface area contributed by atoms with E-state index in [9.17, 15) is 0 Å². The molecule has 0 bridgehead atoms. The molecule has 0 aromatic carbocycles. The number of aromatic nitrogens is 2. The second-order valence-corrected chi connectivity index (χ2v) is 8.75. The molecular formula is C27H44N4O. The average Bonchev–Trinajstić information content (AvgIpc) is 2.98. The van der Waals surface area contributed by atoms with Crippen LogP contribution in [0.2, 0.25) is 0 Å². The van der Waals surface area contributed by atoms with E-state index in [0.717, 1.165) is 81.2 Å². The second kappa shape index (κ2) is 13.4.